The van der Waals surface area contributed by atoms with E-state index in [1.807, 2.05) is 49.4 Å². The summed E-state index contributed by atoms with van der Waals surface area (Å²) in [5.74, 6) is 0.262. The molecule has 24 heavy (non-hydrogen) atoms. The first-order valence-corrected chi connectivity index (χ1v) is 7.62. The molecule has 0 spiro atoms. The van der Waals surface area contributed by atoms with Crippen molar-refractivity contribution in [1.29, 1.82) is 0 Å². The van der Waals surface area contributed by atoms with Gasteiger partial charge in [0.1, 0.15) is 6.33 Å². The molecule has 2 N–H and O–H groups in total. The van der Waals surface area contributed by atoms with E-state index in [2.05, 4.69) is 26.0 Å². The summed E-state index contributed by atoms with van der Waals surface area (Å²) in [6.45, 7) is 1.98. The zero-order valence-electron chi connectivity index (χ0n) is 13.1. The highest BCUT2D eigenvalue weighted by Crippen LogP contribution is 2.32. The Morgan fingerprint density at radius 3 is 2.54 bits per heavy atom. The second-order valence-electron chi connectivity index (χ2n) is 5.55. The van der Waals surface area contributed by atoms with Crippen LogP contribution in [-0.4, -0.2) is 19.9 Å². The van der Waals surface area contributed by atoms with Crippen molar-refractivity contribution in [1.82, 2.24) is 19.9 Å². The molecule has 5 heteroatoms. The first-order valence-electron chi connectivity index (χ1n) is 7.62. The van der Waals surface area contributed by atoms with Crippen LogP contribution in [0.1, 0.15) is 5.69 Å². The van der Waals surface area contributed by atoms with Crippen molar-refractivity contribution in [2.45, 2.75) is 6.92 Å². The minimum absolute atomic E-state index is 0.262. The number of hydrogen-bond donors (Lipinski definition) is 1. The number of anilines is 1. The largest absolute Gasteiger partial charge is 0.368 e. The van der Waals surface area contributed by atoms with Crippen LogP contribution in [0.3, 0.4) is 0 Å². The fourth-order valence-corrected chi connectivity index (χ4v) is 2.78. The first-order chi connectivity index (χ1) is 11.7. The van der Waals surface area contributed by atoms with Crippen LogP contribution >= 0.6 is 0 Å². The van der Waals surface area contributed by atoms with Crippen molar-refractivity contribution in [2.24, 2.45) is 0 Å². The van der Waals surface area contributed by atoms with Crippen LogP contribution in [-0.2, 0) is 0 Å². The molecule has 0 fully saturated rings. The van der Waals surface area contributed by atoms with Crippen molar-refractivity contribution in [3.8, 4) is 22.4 Å². The number of nitrogens with zero attached hydrogens (tertiary/aromatic N) is 4. The van der Waals surface area contributed by atoms with E-state index in [4.69, 9.17) is 5.73 Å². The zero-order chi connectivity index (χ0) is 16.5. The van der Waals surface area contributed by atoms with Crippen LogP contribution < -0.4 is 5.73 Å². The third-order valence-electron chi connectivity index (χ3n) is 4.00. The van der Waals surface area contributed by atoms with Gasteiger partial charge in [0.15, 0.2) is 0 Å². The van der Waals surface area contributed by atoms with Crippen LogP contribution in [0.2, 0.25) is 0 Å². The Labute approximate surface area is 139 Å². The molecule has 2 aromatic carbocycles. The summed E-state index contributed by atoms with van der Waals surface area (Å²) < 4.78 is 0. The average Bonchev–Trinajstić information content (AvgIpc) is 2.63. The minimum Gasteiger partial charge on any atom is -0.368 e. The molecule has 0 radical (unpaired) electrons. The summed E-state index contributed by atoms with van der Waals surface area (Å²) in [5, 5.41) is 1.02. The number of benzene rings is 2. The Hall–Kier alpha value is -3.34. The number of fused-ring (bicyclic) bond motifs is 1. The minimum atomic E-state index is 0.262. The van der Waals surface area contributed by atoms with Gasteiger partial charge in [0, 0.05) is 28.4 Å². The summed E-state index contributed by atoms with van der Waals surface area (Å²) in [5.41, 5.74) is 11.4. The molecule has 0 bridgehead atoms. The fraction of sp³-hybridized carbons (Fsp3) is 0.0526. The normalized spacial score (nSPS) is 10.9. The molecule has 116 valence electrons. The van der Waals surface area contributed by atoms with E-state index in [0.29, 0.717) is 0 Å². The molecule has 0 saturated carbocycles. The third kappa shape index (κ3) is 2.46. The summed E-state index contributed by atoms with van der Waals surface area (Å²) in [7, 11) is 0. The predicted octanol–water partition coefficient (Wildman–Crippen LogP) is 3.64. The number of nitrogen functional groups attached to an aromatic ring is 1. The lowest BCUT2D eigenvalue weighted by molar-refractivity contribution is 1.15. The van der Waals surface area contributed by atoms with Crippen LogP contribution in [0.4, 0.5) is 5.95 Å². The third-order valence-corrected chi connectivity index (χ3v) is 4.00. The van der Waals surface area contributed by atoms with E-state index in [1.54, 1.807) is 12.5 Å². The van der Waals surface area contributed by atoms with E-state index in [-0.39, 0.29) is 5.95 Å². The monoisotopic (exact) mass is 313 g/mol. The maximum absolute atomic E-state index is 5.82. The zero-order valence-corrected chi connectivity index (χ0v) is 13.1. The van der Waals surface area contributed by atoms with Gasteiger partial charge in [0.2, 0.25) is 5.95 Å². The number of aryl methyl sites for hydroxylation is 1. The highest BCUT2D eigenvalue weighted by Gasteiger charge is 2.12. The lowest BCUT2D eigenvalue weighted by Gasteiger charge is -2.10. The predicted molar refractivity (Wildman–Crippen MR) is 95.1 cm³/mol. The van der Waals surface area contributed by atoms with Crippen molar-refractivity contribution < 1.29 is 0 Å². The first kappa shape index (κ1) is 14.3. The van der Waals surface area contributed by atoms with E-state index >= 15 is 0 Å². The Morgan fingerprint density at radius 2 is 1.71 bits per heavy atom. The van der Waals surface area contributed by atoms with E-state index < -0.39 is 0 Å². The van der Waals surface area contributed by atoms with Gasteiger partial charge in [0.05, 0.1) is 11.2 Å². The Bertz CT molecular complexity index is 1030. The molecular weight excluding hydrogens is 298 g/mol. The maximum Gasteiger partial charge on any atom is 0.220 e. The average molecular weight is 313 g/mol. The molecule has 4 rings (SSSR count). The van der Waals surface area contributed by atoms with E-state index in [1.165, 1.54) is 0 Å². The van der Waals surface area contributed by atoms with Gasteiger partial charge < -0.3 is 5.73 Å². The molecule has 0 aliphatic heterocycles. The number of nitrogens with two attached hydrogens (primary N) is 1. The lowest BCUT2D eigenvalue weighted by Crippen LogP contribution is -1.99. The van der Waals surface area contributed by atoms with Gasteiger partial charge in [-0.15, -0.1) is 0 Å². The Balaban J connectivity index is 1.96. The molecule has 5 nitrogen and oxygen atoms in total. The van der Waals surface area contributed by atoms with Crippen LogP contribution in [0.15, 0.2) is 61.1 Å². The van der Waals surface area contributed by atoms with Crippen LogP contribution in [0.5, 0.6) is 0 Å². The van der Waals surface area contributed by atoms with E-state index in [9.17, 15) is 0 Å². The van der Waals surface area contributed by atoms with Crippen molar-refractivity contribution in [3.05, 3.63) is 66.7 Å². The number of hydrogen-bond acceptors (Lipinski definition) is 5. The van der Waals surface area contributed by atoms with Crippen molar-refractivity contribution in [3.63, 3.8) is 0 Å². The van der Waals surface area contributed by atoms with Crippen LogP contribution in [0.25, 0.3) is 33.3 Å². The second kappa shape index (κ2) is 5.70. The molecule has 0 aliphatic rings. The molecule has 4 aromatic rings. The summed E-state index contributed by atoms with van der Waals surface area (Å²) in [6.07, 6.45) is 3.35. The topological polar surface area (TPSA) is 77.6 Å². The molecule has 0 saturated heterocycles. The van der Waals surface area contributed by atoms with Gasteiger partial charge in [-0.05, 0) is 24.6 Å². The van der Waals surface area contributed by atoms with Crippen molar-refractivity contribution in [2.75, 3.05) is 5.73 Å². The number of rotatable bonds is 2. The maximum atomic E-state index is 5.82. The van der Waals surface area contributed by atoms with Crippen LogP contribution in [0, 0.1) is 6.92 Å². The highest BCUT2D eigenvalue weighted by molar-refractivity contribution is 5.89. The molecular formula is C19H15N5. The van der Waals surface area contributed by atoms with Gasteiger partial charge in [-0.25, -0.2) is 19.9 Å². The lowest BCUT2D eigenvalue weighted by atomic mass is 9.99. The molecule has 0 aliphatic carbocycles. The summed E-state index contributed by atoms with van der Waals surface area (Å²) >= 11 is 0. The SMILES string of the molecule is Cc1ncnc2ccc(-c3cnc(N)nc3-c3ccccc3)cc12. The molecule has 0 unspecified atom stereocenters. The standard InChI is InChI=1S/C19H15N5/c1-12-15-9-14(7-8-17(15)23-11-22-12)16-10-21-19(20)24-18(16)13-5-3-2-4-6-13/h2-11H,1H3,(H2,20,21,24). The molecule has 0 atom stereocenters. The quantitative estimate of drug-likeness (QED) is 0.611. The van der Waals surface area contributed by atoms with Gasteiger partial charge in [-0.2, -0.15) is 0 Å². The molecule has 2 heterocycles. The smallest absolute Gasteiger partial charge is 0.220 e. The number of aromatic nitrogens is 4. The Morgan fingerprint density at radius 1 is 0.875 bits per heavy atom. The molecule has 0 amide bonds. The van der Waals surface area contributed by atoms with Crippen molar-refractivity contribution >= 4 is 16.9 Å². The summed E-state index contributed by atoms with van der Waals surface area (Å²) in [6, 6.07) is 16.1. The highest BCUT2D eigenvalue weighted by atomic mass is 15.0. The van der Waals surface area contributed by atoms with Gasteiger partial charge >= 0.3 is 0 Å². The van der Waals surface area contributed by atoms with Gasteiger partial charge in [-0.1, -0.05) is 36.4 Å². The van der Waals surface area contributed by atoms with E-state index in [0.717, 1.165) is 39.0 Å². The fourth-order valence-electron chi connectivity index (χ4n) is 2.78. The second-order valence-corrected chi connectivity index (χ2v) is 5.55. The molecule has 2 aromatic heterocycles. The summed E-state index contributed by atoms with van der Waals surface area (Å²) in [4.78, 5) is 17.2. The Kier molecular flexibility index (Phi) is 3.39. The van der Waals surface area contributed by atoms with Gasteiger partial charge in [-0.3, -0.25) is 0 Å². The van der Waals surface area contributed by atoms with Gasteiger partial charge in [0.25, 0.3) is 0 Å².